The maximum Gasteiger partial charge on any atom is 0.292 e. The number of furan rings is 1. The predicted molar refractivity (Wildman–Crippen MR) is 94.4 cm³/mol. The number of halogens is 2. The first kappa shape index (κ1) is 18.5. The number of carbonyl (C=O) groups is 2. The first-order chi connectivity index (χ1) is 13.0. The second kappa shape index (κ2) is 8.41. The summed E-state index contributed by atoms with van der Waals surface area (Å²) in [6.07, 6.45) is 1.38. The highest BCUT2D eigenvalue weighted by atomic mass is 32.2. The number of amides is 2. The molecule has 10 heteroatoms. The molecule has 0 fully saturated rings. The van der Waals surface area contributed by atoms with E-state index in [1.54, 1.807) is 12.1 Å². The quantitative estimate of drug-likeness (QED) is 0.627. The summed E-state index contributed by atoms with van der Waals surface area (Å²) in [5.74, 6) is -2.54. The number of anilines is 2. The average molecular weight is 390 g/mol. The smallest absolute Gasteiger partial charge is 0.292 e. The van der Waals surface area contributed by atoms with E-state index < -0.39 is 23.4 Å². The highest BCUT2D eigenvalue weighted by Crippen LogP contribution is 2.17. The highest BCUT2D eigenvalue weighted by Gasteiger charge is 2.11. The van der Waals surface area contributed by atoms with Gasteiger partial charge in [0.1, 0.15) is 5.03 Å². The van der Waals surface area contributed by atoms with Crippen molar-refractivity contribution in [1.29, 1.82) is 0 Å². The zero-order valence-corrected chi connectivity index (χ0v) is 14.4. The van der Waals surface area contributed by atoms with Crippen LogP contribution in [-0.2, 0) is 4.79 Å². The number of hydrogen-bond acceptors (Lipinski definition) is 6. The number of hydrogen-bond donors (Lipinski definition) is 2. The number of carbonyl (C=O) groups excluding carboxylic acids is 2. The largest absolute Gasteiger partial charge is 0.459 e. The Kier molecular flexibility index (Phi) is 5.77. The van der Waals surface area contributed by atoms with Gasteiger partial charge in [-0.1, -0.05) is 11.8 Å². The lowest BCUT2D eigenvalue weighted by Crippen LogP contribution is -2.14. The Morgan fingerprint density at radius 3 is 2.56 bits per heavy atom. The summed E-state index contributed by atoms with van der Waals surface area (Å²) in [6.45, 7) is 0. The molecule has 2 heterocycles. The second-order valence-electron chi connectivity index (χ2n) is 5.15. The topological polar surface area (TPSA) is 97.1 Å². The van der Waals surface area contributed by atoms with Gasteiger partial charge in [0.2, 0.25) is 5.91 Å². The van der Waals surface area contributed by atoms with Gasteiger partial charge in [-0.3, -0.25) is 9.59 Å². The van der Waals surface area contributed by atoms with Gasteiger partial charge in [0, 0.05) is 11.8 Å². The maximum atomic E-state index is 13.1. The van der Waals surface area contributed by atoms with Gasteiger partial charge in [0.25, 0.3) is 5.91 Å². The van der Waals surface area contributed by atoms with Crippen molar-refractivity contribution in [3.05, 3.63) is 66.1 Å². The standard InChI is InChI=1S/C17H12F2N4O3S/c18-11-4-3-10(8-12(11)19)20-15(24)9-27-16-6-5-14(22-23-16)21-17(25)13-2-1-7-26-13/h1-8H,9H2,(H,20,24)(H,21,22,25). The van der Waals surface area contributed by atoms with E-state index in [1.165, 1.54) is 24.5 Å². The van der Waals surface area contributed by atoms with E-state index in [9.17, 15) is 18.4 Å². The third-order valence-corrected chi connectivity index (χ3v) is 4.10. The lowest BCUT2D eigenvalue weighted by atomic mass is 10.3. The van der Waals surface area contributed by atoms with E-state index >= 15 is 0 Å². The van der Waals surface area contributed by atoms with Gasteiger partial charge in [-0.05, 0) is 36.4 Å². The molecule has 0 saturated heterocycles. The lowest BCUT2D eigenvalue weighted by molar-refractivity contribution is -0.113. The molecule has 1 aromatic carbocycles. The summed E-state index contributed by atoms with van der Waals surface area (Å²) < 4.78 is 30.9. The molecule has 0 aliphatic carbocycles. The summed E-state index contributed by atoms with van der Waals surface area (Å²) in [5.41, 5.74) is 0.154. The Morgan fingerprint density at radius 1 is 1.04 bits per heavy atom. The molecule has 0 aliphatic rings. The monoisotopic (exact) mass is 390 g/mol. The van der Waals surface area contributed by atoms with Crippen LogP contribution in [0.5, 0.6) is 0 Å². The summed E-state index contributed by atoms with van der Waals surface area (Å²) in [4.78, 5) is 23.7. The highest BCUT2D eigenvalue weighted by molar-refractivity contribution is 7.99. The lowest BCUT2D eigenvalue weighted by Gasteiger charge is -2.06. The minimum Gasteiger partial charge on any atom is -0.459 e. The average Bonchev–Trinajstić information content (AvgIpc) is 3.19. The van der Waals surface area contributed by atoms with Crippen LogP contribution in [-0.4, -0.2) is 27.8 Å². The van der Waals surface area contributed by atoms with Gasteiger partial charge in [-0.2, -0.15) is 0 Å². The van der Waals surface area contributed by atoms with Crippen LogP contribution in [0.3, 0.4) is 0 Å². The van der Waals surface area contributed by atoms with Crippen molar-refractivity contribution in [2.24, 2.45) is 0 Å². The number of rotatable bonds is 6. The maximum absolute atomic E-state index is 13.1. The summed E-state index contributed by atoms with van der Waals surface area (Å²) in [7, 11) is 0. The number of benzene rings is 1. The Labute approximate surface area is 156 Å². The predicted octanol–water partition coefficient (Wildman–Crippen LogP) is 3.33. The molecule has 27 heavy (non-hydrogen) atoms. The van der Waals surface area contributed by atoms with Crippen LogP contribution in [0.4, 0.5) is 20.3 Å². The van der Waals surface area contributed by atoms with Gasteiger partial charge in [-0.15, -0.1) is 10.2 Å². The fraction of sp³-hybridized carbons (Fsp3) is 0.0588. The molecule has 0 saturated carbocycles. The Morgan fingerprint density at radius 2 is 1.89 bits per heavy atom. The van der Waals surface area contributed by atoms with Crippen LogP contribution in [0.1, 0.15) is 10.6 Å². The Balaban J connectivity index is 1.50. The summed E-state index contributed by atoms with van der Waals surface area (Å²) in [5, 5.41) is 13.2. The fourth-order valence-corrected chi connectivity index (χ4v) is 2.57. The molecule has 3 rings (SSSR count). The molecular weight excluding hydrogens is 378 g/mol. The van der Waals surface area contributed by atoms with E-state index in [-0.39, 0.29) is 23.0 Å². The molecule has 138 valence electrons. The summed E-state index contributed by atoms with van der Waals surface area (Å²) in [6, 6.07) is 9.30. The van der Waals surface area contributed by atoms with E-state index in [2.05, 4.69) is 20.8 Å². The molecule has 0 atom stereocenters. The molecule has 0 spiro atoms. The zero-order chi connectivity index (χ0) is 19.2. The molecule has 2 N–H and O–H groups in total. The van der Waals surface area contributed by atoms with Crippen molar-refractivity contribution in [3.63, 3.8) is 0 Å². The number of aromatic nitrogens is 2. The molecule has 7 nitrogen and oxygen atoms in total. The fourth-order valence-electron chi connectivity index (χ4n) is 1.96. The Hall–Kier alpha value is -3.27. The normalized spacial score (nSPS) is 10.4. The first-order valence-corrected chi connectivity index (χ1v) is 8.56. The van der Waals surface area contributed by atoms with E-state index in [1.807, 2.05) is 0 Å². The second-order valence-corrected chi connectivity index (χ2v) is 6.15. The van der Waals surface area contributed by atoms with Crippen LogP contribution in [0.25, 0.3) is 0 Å². The minimum absolute atomic E-state index is 0.00816. The van der Waals surface area contributed by atoms with Crippen molar-refractivity contribution in [2.75, 3.05) is 16.4 Å². The Bertz CT molecular complexity index is 949. The van der Waals surface area contributed by atoms with Crippen molar-refractivity contribution in [2.45, 2.75) is 5.03 Å². The molecular formula is C17H12F2N4O3S. The van der Waals surface area contributed by atoms with Crippen molar-refractivity contribution < 1.29 is 22.8 Å². The summed E-state index contributed by atoms with van der Waals surface area (Å²) >= 11 is 1.10. The van der Waals surface area contributed by atoms with Crippen LogP contribution in [0.2, 0.25) is 0 Å². The van der Waals surface area contributed by atoms with Crippen molar-refractivity contribution in [1.82, 2.24) is 10.2 Å². The third-order valence-electron chi connectivity index (χ3n) is 3.18. The van der Waals surface area contributed by atoms with Crippen molar-refractivity contribution >= 4 is 35.1 Å². The van der Waals surface area contributed by atoms with Gasteiger partial charge in [-0.25, -0.2) is 8.78 Å². The van der Waals surface area contributed by atoms with Crippen molar-refractivity contribution in [3.8, 4) is 0 Å². The zero-order valence-electron chi connectivity index (χ0n) is 13.6. The number of nitrogens with one attached hydrogen (secondary N) is 2. The molecule has 0 unspecified atom stereocenters. The number of thioether (sulfide) groups is 1. The molecule has 0 bridgehead atoms. The van der Waals surface area contributed by atoms with Crippen LogP contribution in [0, 0.1) is 11.6 Å². The number of nitrogens with zero attached hydrogens (tertiary/aromatic N) is 2. The van der Waals surface area contributed by atoms with E-state index in [0.717, 1.165) is 23.9 Å². The first-order valence-electron chi connectivity index (χ1n) is 7.57. The SMILES string of the molecule is O=C(CSc1ccc(NC(=O)c2ccco2)nn1)Nc1ccc(F)c(F)c1. The van der Waals surface area contributed by atoms with E-state index in [4.69, 9.17) is 4.42 Å². The third kappa shape index (κ3) is 5.11. The van der Waals surface area contributed by atoms with Gasteiger partial charge < -0.3 is 15.1 Å². The molecule has 2 aromatic heterocycles. The molecule has 0 radical (unpaired) electrons. The van der Waals surface area contributed by atoms with Gasteiger partial charge in [0.05, 0.1) is 12.0 Å². The van der Waals surface area contributed by atoms with E-state index in [0.29, 0.717) is 5.03 Å². The van der Waals surface area contributed by atoms with Crippen LogP contribution >= 0.6 is 11.8 Å². The molecule has 2 amide bonds. The van der Waals surface area contributed by atoms with Gasteiger partial charge in [0.15, 0.2) is 23.2 Å². The molecule has 0 aliphatic heterocycles. The minimum atomic E-state index is -1.04. The van der Waals surface area contributed by atoms with Crippen LogP contribution in [0.15, 0.2) is 58.2 Å². The molecule has 3 aromatic rings. The van der Waals surface area contributed by atoms with Gasteiger partial charge >= 0.3 is 0 Å². The van der Waals surface area contributed by atoms with Crippen LogP contribution < -0.4 is 10.6 Å².